The Balaban J connectivity index is 2.09. The van der Waals surface area contributed by atoms with Gasteiger partial charge in [-0.15, -0.1) is 11.3 Å². The molecule has 0 saturated heterocycles. The van der Waals surface area contributed by atoms with Crippen molar-refractivity contribution in [2.24, 2.45) is 0 Å². The number of hydrogen-bond donors (Lipinski definition) is 1. The van der Waals surface area contributed by atoms with Crippen molar-refractivity contribution in [1.82, 2.24) is 15.3 Å². The van der Waals surface area contributed by atoms with E-state index in [2.05, 4.69) is 29.1 Å². The molecule has 0 fully saturated rings. The van der Waals surface area contributed by atoms with Gasteiger partial charge in [0.05, 0.1) is 11.7 Å². The zero-order valence-electron chi connectivity index (χ0n) is 12.0. The first-order chi connectivity index (χ1) is 9.61. The number of amides is 1. The molecule has 0 unspecified atom stereocenters. The third-order valence-electron chi connectivity index (χ3n) is 3.11. The average molecular weight is 289 g/mol. The third kappa shape index (κ3) is 3.42. The second-order valence-corrected chi connectivity index (χ2v) is 5.81. The van der Waals surface area contributed by atoms with Gasteiger partial charge >= 0.3 is 0 Å². The number of aromatic nitrogens is 2. The summed E-state index contributed by atoms with van der Waals surface area (Å²) in [4.78, 5) is 20.7. The summed E-state index contributed by atoms with van der Waals surface area (Å²) in [5.41, 5.74) is 1.98. The minimum absolute atomic E-state index is 0.0254. The second kappa shape index (κ2) is 6.61. The highest BCUT2D eigenvalue weighted by atomic mass is 32.1. The molecule has 20 heavy (non-hydrogen) atoms. The summed E-state index contributed by atoms with van der Waals surface area (Å²) in [6.07, 6.45) is 4.34. The predicted octanol–water partition coefficient (Wildman–Crippen LogP) is 3.54. The zero-order valence-corrected chi connectivity index (χ0v) is 12.8. The molecule has 5 heteroatoms. The Hall–Kier alpha value is -1.75. The number of thiazole rings is 1. The number of pyridine rings is 1. The van der Waals surface area contributed by atoms with Gasteiger partial charge in [-0.2, -0.15) is 0 Å². The number of rotatable bonds is 5. The van der Waals surface area contributed by atoms with Crippen LogP contribution in [-0.2, 0) is 0 Å². The van der Waals surface area contributed by atoms with Crippen molar-refractivity contribution in [2.45, 2.75) is 39.2 Å². The number of carbonyl (C=O) groups excluding carboxylic acids is 1. The van der Waals surface area contributed by atoms with Gasteiger partial charge in [0.25, 0.3) is 5.91 Å². The lowest BCUT2D eigenvalue weighted by atomic mass is 10.1. The molecule has 0 spiro atoms. The minimum atomic E-state index is -0.113. The van der Waals surface area contributed by atoms with E-state index in [1.165, 1.54) is 11.3 Å². The summed E-state index contributed by atoms with van der Waals surface area (Å²) in [7, 11) is 0. The minimum Gasteiger partial charge on any atom is -0.343 e. The van der Waals surface area contributed by atoms with Crippen molar-refractivity contribution in [3.05, 3.63) is 46.2 Å². The lowest BCUT2D eigenvalue weighted by molar-refractivity contribution is 0.0935. The number of nitrogens with zero attached hydrogens (tertiary/aromatic N) is 2. The molecular formula is C15H19N3OS. The molecule has 0 aromatic carbocycles. The van der Waals surface area contributed by atoms with Crippen LogP contribution in [0.25, 0.3) is 0 Å². The predicted molar refractivity (Wildman–Crippen MR) is 80.9 cm³/mol. The Morgan fingerprint density at radius 2 is 2.25 bits per heavy atom. The van der Waals surface area contributed by atoms with Gasteiger partial charge in [-0.3, -0.25) is 9.78 Å². The largest absolute Gasteiger partial charge is 0.343 e. The molecule has 0 radical (unpaired) electrons. The van der Waals surface area contributed by atoms with Gasteiger partial charge in [-0.05, 0) is 24.0 Å². The first kappa shape index (κ1) is 14.7. The van der Waals surface area contributed by atoms with E-state index in [4.69, 9.17) is 0 Å². The van der Waals surface area contributed by atoms with E-state index in [0.29, 0.717) is 10.9 Å². The Morgan fingerprint density at radius 1 is 1.45 bits per heavy atom. The molecule has 0 bridgehead atoms. The molecule has 2 aromatic rings. The maximum atomic E-state index is 12.2. The molecule has 0 aliphatic rings. The summed E-state index contributed by atoms with van der Waals surface area (Å²) < 4.78 is 0. The highest BCUT2D eigenvalue weighted by Crippen LogP contribution is 2.20. The van der Waals surface area contributed by atoms with Crippen LogP contribution in [0.2, 0.25) is 0 Å². The Morgan fingerprint density at radius 3 is 2.80 bits per heavy atom. The summed E-state index contributed by atoms with van der Waals surface area (Å²) in [6.45, 7) is 6.18. The van der Waals surface area contributed by atoms with Crippen LogP contribution in [0, 0.1) is 0 Å². The molecule has 1 amide bonds. The smallest absolute Gasteiger partial charge is 0.280 e. The molecule has 1 N–H and O–H groups in total. The fourth-order valence-corrected chi connectivity index (χ4v) is 2.76. The van der Waals surface area contributed by atoms with Crippen LogP contribution in [-0.4, -0.2) is 15.9 Å². The standard InChI is InChI=1S/C15H19N3OS/c1-4-12(11-6-5-7-16-8-11)17-14(19)15-18-13(9-20-15)10(2)3/h5-10,12H,4H2,1-3H3,(H,17,19)/t12-/m1/s1. The molecule has 0 aliphatic carbocycles. The first-order valence-corrected chi connectivity index (χ1v) is 7.66. The van der Waals surface area contributed by atoms with Crippen molar-refractivity contribution < 1.29 is 4.79 Å². The molecule has 0 saturated carbocycles. The van der Waals surface area contributed by atoms with Gasteiger partial charge in [0.1, 0.15) is 0 Å². The second-order valence-electron chi connectivity index (χ2n) is 4.95. The molecule has 1 atom stereocenters. The summed E-state index contributed by atoms with van der Waals surface area (Å²) in [6, 6.07) is 3.83. The van der Waals surface area contributed by atoms with E-state index >= 15 is 0 Å². The van der Waals surface area contributed by atoms with Crippen molar-refractivity contribution >= 4 is 17.2 Å². The van der Waals surface area contributed by atoms with E-state index < -0.39 is 0 Å². The summed E-state index contributed by atoms with van der Waals surface area (Å²) >= 11 is 1.39. The zero-order chi connectivity index (χ0) is 14.5. The van der Waals surface area contributed by atoms with Gasteiger partial charge in [-0.25, -0.2) is 4.98 Å². The Bertz CT molecular complexity index is 566. The van der Waals surface area contributed by atoms with Crippen LogP contribution in [0.5, 0.6) is 0 Å². The van der Waals surface area contributed by atoms with Gasteiger partial charge in [0.15, 0.2) is 5.01 Å². The fourth-order valence-electron chi connectivity index (χ4n) is 1.88. The highest BCUT2D eigenvalue weighted by molar-refractivity contribution is 7.11. The molecule has 2 heterocycles. The SMILES string of the molecule is CC[C@@H](NC(=O)c1nc(C(C)C)cs1)c1cccnc1. The van der Waals surface area contributed by atoms with E-state index in [0.717, 1.165) is 17.7 Å². The van der Waals surface area contributed by atoms with Crippen LogP contribution in [0.4, 0.5) is 0 Å². The summed E-state index contributed by atoms with van der Waals surface area (Å²) in [5.74, 6) is 0.227. The van der Waals surface area contributed by atoms with Crippen molar-refractivity contribution in [1.29, 1.82) is 0 Å². The monoisotopic (exact) mass is 289 g/mol. The number of hydrogen-bond acceptors (Lipinski definition) is 4. The lowest BCUT2D eigenvalue weighted by Gasteiger charge is -2.16. The van der Waals surface area contributed by atoms with E-state index in [1.54, 1.807) is 12.4 Å². The molecule has 4 nitrogen and oxygen atoms in total. The molecule has 106 valence electrons. The van der Waals surface area contributed by atoms with Gasteiger partial charge in [-0.1, -0.05) is 26.8 Å². The lowest BCUT2D eigenvalue weighted by Crippen LogP contribution is -2.28. The van der Waals surface area contributed by atoms with Crippen LogP contribution in [0.15, 0.2) is 29.9 Å². The fraction of sp³-hybridized carbons (Fsp3) is 0.400. The van der Waals surface area contributed by atoms with Crippen LogP contribution >= 0.6 is 11.3 Å². The third-order valence-corrected chi connectivity index (χ3v) is 3.97. The van der Waals surface area contributed by atoms with Crippen molar-refractivity contribution in [2.75, 3.05) is 0 Å². The maximum absolute atomic E-state index is 12.2. The molecule has 2 rings (SSSR count). The topological polar surface area (TPSA) is 54.9 Å². The first-order valence-electron chi connectivity index (χ1n) is 6.78. The number of carbonyl (C=O) groups is 1. The normalized spacial score (nSPS) is 12.4. The molecular weight excluding hydrogens is 270 g/mol. The van der Waals surface area contributed by atoms with Crippen LogP contribution in [0.3, 0.4) is 0 Å². The number of nitrogens with one attached hydrogen (secondary N) is 1. The van der Waals surface area contributed by atoms with E-state index in [-0.39, 0.29) is 11.9 Å². The Kier molecular flexibility index (Phi) is 4.84. The maximum Gasteiger partial charge on any atom is 0.280 e. The quantitative estimate of drug-likeness (QED) is 0.916. The highest BCUT2D eigenvalue weighted by Gasteiger charge is 2.17. The Labute approximate surface area is 123 Å². The summed E-state index contributed by atoms with van der Waals surface area (Å²) in [5, 5.41) is 5.49. The van der Waals surface area contributed by atoms with E-state index in [9.17, 15) is 4.79 Å². The van der Waals surface area contributed by atoms with Gasteiger partial charge < -0.3 is 5.32 Å². The average Bonchev–Trinajstić information content (AvgIpc) is 2.95. The van der Waals surface area contributed by atoms with Gasteiger partial charge in [0, 0.05) is 17.8 Å². The van der Waals surface area contributed by atoms with Gasteiger partial charge in [0.2, 0.25) is 0 Å². The van der Waals surface area contributed by atoms with Crippen molar-refractivity contribution in [3.63, 3.8) is 0 Å². The molecule has 2 aromatic heterocycles. The van der Waals surface area contributed by atoms with Crippen LogP contribution in [0.1, 0.15) is 60.2 Å². The van der Waals surface area contributed by atoms with Crippen molar-refractivity contribution in [3.8, 4) is 0 Å². The van der Waals surface area contributed by atoms with Crippen LogP contribution < -0.4 is 5.32 Å². The molecule has 0 aliphatic heterocycles. The van der Waals surface area contributed by atoms with E-state index in [1.807, 2.05) is 24.4 Å².